The van der Waals surface area contributed by atoms with Crippen LogP contribution in [0.2, 0.25) is 0 Å². The fraction of sp³-hybridized carbons (Fsp3) is 0.688. The van der Waals surface area contributed by atoms with Crippen molar-refractivity contribution in [1.29, 1.82) is 0 Å². The van der Waals surface area contributed by atoms with Crippen LogP contribution in [-0.2, 0) is 4.79 Å². The molecular formula is C16H27N3OS. The van der Waals surface area contributed by atoms with E-state index in [1.54, 1.807) is 11.3 Å². The number of amides is 1. The first-order chi connectivity index (χ1) is 10.1. The summed E-state index contributed by atoms with van der Waals surface area (Å²) in [5, 5.41) is 5.17. The monoisotopic (exact) mass is 309 g/mol. The lowest BCUT2D eigenvalue weighted by molar-refractivity contribution is -0.122. The van der Waals surface area contributed by atoms with Crippen molar-refractivity contribution in [1.82, 2.24) is 10.2 Å². The Morgan fingerprint density at radius 3 is 2.86 bits per heavy atom. The second kappa shape index (κ2) is 7.92. The maximum Gasteiger partial charge on any atom is 0.220 e. The minimum Gasteiger partial charge on any atom is -0.354 e. The molecular weight excluding hydrogens is 282 g/mol. The molecule has 1 aromatic heterocycles. The Morgan fingerprint density at radius 1 is 1.48 bits per heavy atom. The Bertz CT molecular complexity index is 433. The number of hydrogen-bond acceptors (Lipinski definition) is 4. The Morgan fingerprint density at radius 2 is 2.24 bits per heavy atom. The molecule has 0 spiro atoms. The molecule has 1 aromatic rings. The van der Waals surface area contributed by atoms with Gasteiger partial charge < -0.3 is 16.0 Å². The normalized spacial score (nSPS) is 24.0. The number of carbonyl (C=O) groups excluding carboxylic acids is 1. The van der Waals surface area contributed by atoms with Crippen molar-refractivity contribution in [3.63, 3.8) is 0 Å². The van der Waals surface area contributed by atoms with Gasteiger partial charge in [-0.1, -0.05) is 18.9 Å². The van der Waals surface area contributed by atoms with Crippen molar-refractivity contribution in [3.8, 4) is 0 Å². The SMILES string of the molecule is CN(C)C(CNC(=O)CC1CCCCC1N)c1cccs1. The van der Waals surface area contributed by atoms with Gasteiger partial charge >= 0.3 is 0 Å². The molecule has 1 fully saturated rings. The van der Waals surface area contributed by atoms with E-state index in [4.69, 9.17) is 5.73 Å². The van der Waals surface area contributed by atoms with Gasteiger partial charge in [0.2, 0.25) is 5.91 Å². The van der Waals surface area contributed by atoms with E-state index in [0.717, 1.165) is 12.8 Å². The third-order valence-corrected chi connectivity index (χ3v) is 5.38. The summed E-state index contributed by atoms with van der Waals surface area (Å²) < 4.78 is 0. The molecule has 1 aliphatic rings. The number of thiophene rings is 1. The third-order valence-electron chi connectivity index (χ3n) is 4.40. The number of nitrogens with two attached hydrogens (primary N) is 1. The summed E-state index contributed by atoms with van der Waals surface area (Å²) in [5.74, 6) is 0.499. The van der Waals surface area contributed by atoms with Gasteiger partial charge in [-0.3, -0.25) is 4.79 Å². The molecule has 1 heterocycles. The molecule has 3 N–H and O–H groups in total. The molecule has 0 aliphatic heterocycles. The summed E-state index contributed by atoms with van der Waals surface area (Å²) in [6, 6.07) is 4.62. The lowest BCUT2D eigenvalue weighted by Crippen LogP contribution is -2.39. The van der Waals surface area contributed by atoms with Crippen LogP contribution < -0.4 is 11.1 Å². The highest BCUT2D eigenvalue weighted by atomic mass is 32.1. The average Bonchev–Trinajstić information content (AvgIpc) is 2.95. The van der Waals surface area contributed by atoms with E-state index >= 15 is 0 Å². The predicted octanol–water partition coefficient (Wildman–Crippen LogP) is 2.37. The number of likely N-dealkylation sites (N-methyl/N-ethyl adjacent to an activating group) is 1. The molecule has 0 radical (unpaired) electrons. The van der Waals surface area contributed by atoms with Gasteiger partial charge in [0.05, 0.1) is 6.04 Å². The van der Waals surface area contributed by atoms with Crippen LogP contribution in [0, 0.1) is 5.92 Å². The molecule has 0 saturated heterocycles. The van der Waals surface area contributed by atoms with Crippen molar-refractivity contribution in [3.05, 3.63) is 22.4 Å². The largest absolute Gasteiger partial charge is 0.354 e. The van der Waals surface area contributed by atoms with E-state index in [0.29, 0.717) is 18.9 Å². The van der Waals surface area contributed by atoms with E-state index < -0.39 is 0 Å². The Balaban J connectivity index is 1.82. The standard InChI is InChI=1S/C16H27N3OS/c1-19(2)14(15-8-5-9-21-15)11-18-16(20)10-12-6-3-4-7-13(12)17/h5,8-9,12-14H,3-4,6-7,10-11,17H2,1-2H3,(H,18,20). The minimum atomic E-state index is 0.140. The van der Waals surface area contributed by atoms with E-state index in [1.165, 1.54) is 17.7 Å². The molecule has 0 bridgehead atoms. The minimum absolute atomic E-state index is 0.140. The highest BCUT2D eigenvalue weighted by Crippen LogP contribution is 2.26. The highest BCUT2D eigenvalue weighted by molar-refractivity contribution is 7.10. The molecule has 0 aromatic carbocycles. The van der Waals surface area contributed by atoms with Crippen molar-refractivity contribution < 1.29 is 4.79 Å². The van der Waals surface area contributed by atoms with Gasteiger partial charge in [-0.15, -0.1) is 11.3 Å². The average molecular weight is 309 g/mol. The fourth-order valence-electron chi connectivity index (χ4n) is 3.03. The lowest BCUT2D eigenvalue weighted by Gasteiger charge is -2.28. The Labute approximate surface area is 131 Å². The maximum atomic E-state index is 12.2. The van der Waals surface area contributed by atoms with Crippen LogP contribution in [0.1, 0.15) is 43.0 Å². The molecule has 1 saturated carbocycles. The van der Waals surface area contributed by atoms with Gasteiger partial charge in [0, 0.05) is 23.9 Å². The van der Waals surface area contributed by atoms with Gasteiger partial charge in [0.15, 0.2) is 0 Å². The lowest BCUT2D eigenvalue weighted by atomic mass is 9.83. The quantitative estimate of drug-likeness (QED) is 0.848. The van der Waals surface area contributed by atoms with Gasteiger partial charge in [-0.2, -0.15) is 0 Å². The van der Waals surface area contributed by atoms with Crippen molar-refractivity contribution in [2.45, 2.75) is 44.2 Å². The first-order valence-electron chi connectivity index (χ1n) is 7.80. The summed E-state index contributed by atoms with van der Waals surface area (Å²) in [6.07, 6.45) is 5.15. The van der Waals surface area contributed by atoms with E-state index in [1.807, 2.05) is 14.1 Å². The van der Waals surface area contributed by atoms with Gasteiger partial charge in [0.25, 0.3) is 0 Å². The first-order valence-corrected chi connectivity index (χ1v) is 8.68. The number of carbonyl (C=O) groups is 1. The number of nitrogens with zero attached hydrogens (tertiary/aromatic N) is 1. The molecule has 4 nitrogen and oxygen atoms in total. The second-order valence-corrected chi connectivity index (χ2v) is 7.19. The molecule has 118 valence electrons. The second-order valence-electron chi connectivity index (χ2n) is 6.21. The molecule has 1 amide bonds. The zero-order valence-corrected chi connectivity index (χ0v) is 13.9. The summed E-state index contributed by atoms with van der Waals surface area (Å²) in [5.41, 5.74) is 6.12. The topological polar surface area (TPSA) is 58.4 Å². The van der Waals surface area contributed by atoms with Crippen LogP contribution in [0.3, 0.4) is 0 Å². The van der Waals surface area contributed by atoms with Crippen molar-refractivity contribution in [2.24, 2.45) is 11.7 Å². The Kier molecular flexibility index (Phi) is 6.21. The van der Waals surface area contributed by atoms with Gasteiger partial charge in [0.1, 0.15) is 0 Å². The summed E-state index contributed by atoms with van der Waals surface area (Å²) in [4.78, 5) is 15.6. The number of nitrogens with one attached hydrogen (secondary N) is 1. The van der Waals surface area contributed by atoms with Crippen LogP contribution >= 0.6 is 11.3 Å². The highest BCUT2D eigenvalue weighted by Gasteiger charge is 2.24. The van der Waals surface area contributed by atoms with Crippen LogP contribution in [0.15, 0.2) is 17.5 Å². The summed E-state index contributed by atoms with van der Waals surface area (Å²) in [7, 11) is 4.10. The third kappa shape index (κ3) is 4.80. The summed E-state index contributed by atoms with van der Waals surface area (Å²) in [6.45, 7) is 0.661. The fourth-order valence-corrected chi connectivity index (χ4v) is 3.95. The van der Waals surface area contributed by atoms with Gasteiger partial charge in [-0.25, -0.2) is 0 Å². The van der Waals surface area contributed by atoms with E-state index in [9.17, 15) is 4.79 Å². The number of hydrogen-bond donors (Lipinski definition) is 2. The first kappa shape index (κ1) is 16.5. The maximum absolute atomic E-state index is 12.2. The molecule has 3 unspecified atom stereocenters. The van der Waals surface area contributed by atoms with Crippen LogP contribution in [0.25, 0.3) is 0 Å². The zero-order chi connectivity index (χ0) is 15.2. The van der Waals surface area contributed by atoms with E-state index in [-0.39, 0.29) is 18.0 Å². The van der Waals surface area contributed by atoms with Crippen LogP contribution in [0.5, 0.6) is 0 Å². The number of rotatable bonds is 6. The van der Waals surface area contributed by atoms with Crippen LogP contribution in [0.4, 0.5) is 0 Å². The Hall–Kier alpha value is -0.910. The molecule has 21 heavy (non-hydrogen) atoms. The van der Waals surface area contributed by atoms with Crippen molar-refractivity contribution >= 4 is 17.2 Å². The van der Waals surface area contributed by atoms with Crippen LogP contribution in [-0.4, -0.2) is 37.5 Å². The predicted molar refractivity (Wildman–Crippen MR) is 88.3 cm³/mol. The molecule has 3 atom stereocenters. The molecule has 1 aliphatic carbocycles. The smallest absolute Gasteiger partial charge is 0.220 e. The molecule has 5 heteroatoms. The van der Waals surface area contributed by atoms with Gasteiger partial charge in [-0.05, 0) is 44.3 Å². The zero-order valence-electron chi connectivity index (χ0n) is 13.0. The van der Waals surface area contributed by atoms with E-state index in [2.05, 4.69) is 27.7 Å². The molecule has 2 rings (SSSR count). The summed E-state index contributed by atoms with van der Waals surface area (Å²) >= 11 is 1.73. The van der Waals surface area contributed by atoms with Crippen molar-refractivity contribution in [2.75, 3.05) is 20.6 Å².